The van der Waals surface area contributed by atoms with Crippen molar-refractivity contribution < 1.29 is 14.9 Å². The Bertz CT molecular complexity index is 374. The molecule has 0 fully saturated rings. The van der Waals surface area contributed by atoms with Crippen molar-refractivity contribution in [3.63, 3.8) is 0 Å². The fourth-order valence-electron chi connectivity index (χ4n) is 1.63. The van der Waals surface area contributed by atoms with Gasteiger partial charge in [0.15, 0.2) is 0 Å². The third-order valence-corrected chi connectivity index (χ3v) is 4.01. The molecule has 0 aliphatic rings. The lowest BCUT2D eigenvalue weighted by molar-refractivity contribution is 0.113. The number of aliphatic hydroxyl groups excluding tert-OH is 2. The van der Waals surface area contributed by atoms with Gasteiger partial charge in [0.1, 0.15) is 0 Å². The van der Waals surface area contributed by atoms with Gasteiger partial charge in [-0.3, -0.25) is 0 Å². The van der Waals surface area contributed by atoms with E-state index < -0.39 is 6.10 Å². The van der Waals surface area contributed by atoms with Crippen molar-refractivity contribution in [2.75, 3.05) is 32.6 Å². The van der Waals surface area contributed by atoms with Gasteiger partial charge in [0.2, 0.25) is 0 Å². The average molecular weight is 285 g/mol. The number of hydrogen-bond acceptors (Lipinski definition) is 5. The summed E-state index contributed by atoms with van der Waals surface area (Å²) in [4.78, 5) is 1.15. The van der Waals surface area contributed by atoms with Crippen LogP contribution in [0.4, 0.5) is 0 Å². The molecule has 19 heavy (non-hydrogen) atoms. The Kier molecular flexibility index (Phi) is 8.09. The van der Waals surface area contributed by atoms with Crippen molar-refractivity contribution in [2.45, 2.75) is 24.5 Å². The van der Waals surface area contributed by atoms with Crippen LogP contribution in [0.15, 0.2) is 23.1 Å². The molecule has 0 radical (unpaired) electrons. The summed E-state index contributed by atoms with van der Waals surface area (Å²) in [5.41, 5.74) is 2.43. The van der Waals surface area contributed by atoms with Gasteiger partial charge < -0.3 is 20.3 Å². The van der Waals surface area contributed by atoms with Gasteiger partial charge in [0.25, 0.3) is 0 Å². The number of methoxy groups -OCH3 is 1. The van der Waals surface area contributed by atoms with Gasteiger partial charge in [-0.15, -0.1) is 11.8 Å². The zero-order valence-corrected chi connectivity index (χ0v) is 12.4. The highest BCUT2D eigenvalue weighted by atomic mass is 32.2. The minimum absolute atomic E-state index is 0.187. The van der Waals surface area contributed by atoms with Crippen LogP contribution >= 0.6 is 11.8 Å². The molecule has 0 saturated heterocycles. The van der Waals surface area contributed by atoms with Gasteiger partial charge in [-0.1, -0.05) is 12.1 Å². The van der Waals surface area contributed by atoms with Crippen LogP contribution in [0.1, 0.15) is 11.1 Å². The summed E-state index contributed by atoms with van der Waals surface area (Å²) in [5, 5.41) is 21.4. The molecule has 1 aromatic carbocycles. The van der Waals surface area contributed by atoms with Crippen LogP contribution < -0.4 is 5.32 Å². The Labute approximate surface area is 119 Å². The second-order valence-corrected chi connectivity index (χ2v) is 5.48. The summed E-state index contributed by atoms with van der Waals surface area (Å²) in [5.74, 6) is 0.517. The van der Waals surface area contributed by atoms with E-state index in [2.05, 4.69) is 30.4 Å². The van der Waals surface area contributed by atoms with Gasteiger partial charge in [-0.05, 0) is 24.1 Å². The third kappa shape index (κ3) is 6.40. The number of ether oxygens (including phenoxy) is 1. The molecule has 0 aromatic heterocycles. The molecule has 0 aliphatic carbocycles. The van der Waals surface area contributed by atoms with E-state index in [-0.39, 0.29) is 6.61 Å². The summed E-state index contributed by atoms with van der Waals surface area (Å²) in [6.45, 7) is 4.26. The first-order valence-corrected chi connectivity index (χ1v) is 7.36. The van der Waals surface area contributed by atoms with E-state index >= 15 is 0 Å². The van der Waals surface area contributed by atoms with E-state index in [1.54, 1.807) is 18.9 Å². The molecule has 3 N–H and O–H groups in total. The number of hydrogen-bond donors (Lipinski definition) is 3. The standard InChI is InChI=1S/C14H23NO3S/c1-11-7-12(8-15-5-6-18-2)3-4-14(11)19-10-13(17)9-16/h3-4,7,13,15-17H,5-6,8-10H2,1-2H3. The molecule has 1 aromatic rings. The van der Waals surface area contributed by atoms with Crippen molar-refractivity contribution >= 4 is 11.8 Å². The molecule has 1 rings (SSSR count). The van der Waals surface area contributed by atoms with Crippen molar-refractivity contribution in [1.82, 2.24) is 5.32 Å². The smallest absolute Gasteiger partial charge is 0.0864 e. The van der Waals surface area contributed by atoms with Gasteiger partial charge in [-0.25, -0.2) is 0 Å². The normalized spacial score (nSPS) is 12.6. The number of benzene rings is 1. The van der Waals surface area contributed by atoms with E-state index in [1.165, 1.54) is 11.1 Å². The first-order valence-electron chi connectivity index (χ1n) is 6.38. The minimum Gasteiger partial charge on any atom is -0.394 e. The Morgan fingerprint density at radius 2 is 2.21 bits per heavy atom. The fraction of sp³-hybridized carbons (Fsp3) is 0.571. The highest BCUT2D eigenvalue weighted by Gasteiger charge is 2.05. The monoisotopic (exact) mass is 285 g/mol. The highest BCUT2D eigenvalue weighted by Crippen LogP contribution is 2.23. The van der Waals surface area contributed by atoms with Crippen LogP contribution in [0.5, 0.6) is 0 Å². The van der Waals surface area contributed by atoms with Crippen LogP contribution in [-0.4, -0.2) is 48.9 Å². The molecular weight excluding hydrogens is 262 g/mol. The number of rotatable bonds is 9. The topological polar surface area (TPSA) is 61.7 Å². The molecule has 5 heteroatoms. The quantitative estimate of drug-likeness (QED) is 0.470. The van der Waals surface area contributed by atoms with Crippen LogP contribution in [0.2, 0.25) is 0 Å². The molecule has 0 aliphatic heterocycles. The Morgan fingerprint density at radius 1 is 1.42 bits per heavy atom. The zero-order chi connectivity index (χ0) is 14.1. The lowest BCUT2D eigenvalue weighted by atomic mass is 10.1. The lowest BCUT2D eigenvalue weighted by Crippen LogP contribution is -2.18. The molecule has 0 spiro atoms. The van der Waals surface area contributed by atoms with E-state index in [9.17, 15) is 5.11 Å². The summed E-state index contributed by atoms with van der Waals surface area (Å²) in [6.07, 6.45) is -0.653. The van der Waals surface area contributed by atoms with Crippen LogP contribution in [0, 0.1) is 6.92 Å². The average Bonchev–Trinajstić information content (AvgIpc) is 2.42. The summed E-state index contributed by atoms with van der Waals surface area (Å²) in [6, 6.07) is 6.30. The SMILES string of the molecule is COCCNCc1ccc(SCC(O)CO)c(C)c1. The van der Waals surface area contributed by atoms with E-state index in [1.807, 2.05) is 0 Å². The van der Waals surface area contributed by atoms with E-state index in [0.29, 0.717) is 12.4 Å². The molecule has 108 valence electrons. The first kappa shape index (κ1) is 16.5. The fourth-order valence-corrected chi connectivity index (χ4v) is 2.56. The zero-order valence-electron chi connectivity index (χ0n) is 11.6. The molecule has 0 heterocycles. The van der Waals surface area contributed by atoms with Crippen molar-refractivity contribution in [2.24, 2.45) is 0 Å². The number of thioether (sulfide) groups is 1. The predicted octanol–water partition coefficient (Wildman–Crippen LogP) is 1.18. The minimum atomic E-state index is -0.653. The van der Waals surface area contributed by atoms with Crippen molar-refractivity contribution in [3.8, 4) is 0 Å². The summed E-state index contributed by atoms with van der Waals surface area (Å²) >= 11 is 1.57. The lowest BCUT2D eigenvalue weighted by Gasteiger charge is -2.11. The van der Waals surface area contributed by atoms with Gasteiger partial charge in [0.05, 0.1) is 19.3 Å². The Morgan fingerprint density at radius 3 is 2.84 bits per heavy atom. The molecule has 0 saturated carbocycles. The Hall–Kier alpha value is -0.590. The maximum atomic E-state index is 9.34. The maximum Gasteiger partial charge on any atom is 0.0864 e. The van der Waals surface area contributed by atoms with Gasteiger partial charge in [0, 0.05) is 30.8 Å². The second kappa shape index (κ2) is 9.34. The molecule has 0 bridgehead atoms. The van der Waals surface area contributed by atoms with Crippen LogP contribution in [-0.2, 0) is 11.3 Å². The highest BCUT2D eigenvalue weighted by molar-refractivity contribution is 7.99. The summed E-state index contributed by atoms with van der Waals surface area (Å²) in [7, 11) is 1.69. The molecule has 1 unspecified atom stereocenters. The van der Waals surface area contributed by atoms with Crippen LogP contribution in [0.3, 0.4) is 0 Å². The molecular formula is C14H23NO3S. The van der Waals surface area contributed by atoms with E-state index in [4.69, 9.17) is 9.84 Å². The number of aryl methyl sites for hydroxylation is 1. The Balaban J connectivity index is 2.45. The number of nitrogens with one attached hydrogen (secondary N) is 1. The number of aliphatic hydroxyl groups is 2. The largest absolute Gasteiger partial charge is 0.394 e. The van der Waals surface area contributed by atoms with Gasteiger partial charge >= 0.3 is 0 Å². The maximum absolute atomic E-state index is 9.34. The second-order valence-electron chi connectivity index (χ2n) is 4.42. The van der Waals surface area contributed by atoms with Crippen molar-refractivity contribution in [3.05, 3.63) is 29.3 Å². The van der Waals surface area contributed by atoms with E-state index in [0.717, 1.165) is 18.0 Å². The predicted molar refractivity (Wildman–Crippen MR) is 78.6 cm³/mol. The van der Waals surface area contributed by atoms with Crippen LogP contribution in [0.25, 0.3) is 0 Å². The molecule has 4 nitrogen and oxygen atoms in total. The molecule has 0 amide bonds. The molecule has 1 atom stereocenters. The third-order valence-electron chi connectivity index (χ3n) is 2.69. The first-order chi connectivity index (χ1) is 9.17. The van der Waals surface area contributed by atoms with Gasteiger partial charge in [-0.2, -0.15) is 0 Å². The summed E-state index contributed by atoms with van der Waals surface area (Å²) < 4.78 is 4.98. The van der Waals surface area contributed by atoms with Crippen molar-refractivity contribution in [1.29, 1.82) is 0 Å².